The van der Waals surface area contributed by atoms with E-state index < -0.39 is 0 Å². The van der Waals surface area contributed by atoms with Crippen molar-refractivity contribution < 1.29 is 0 Å². The Morgan fingerprint density at radius 3 is 1.87 bits per heavy atom. The van der Waals surface area contributed by atoms with Crippen molar-refractivity contribution in [1.82, 2.24) is 14.5 Å². The molecule has 0 saturated heterocycles. The highest BCUT2D eigenvalue weighted by Gasteiger charge is 2.17. The van der Waals surface area contributed by atoms with E-state index in [-0.39, 0.29) is 0 Å². The van der Waals surface area contributed by atoms with Crippen LogP contribution in [0.1, 0.15) is 41.5 Å². The summed E-state index contributed by atoms with van der Waals surface area (Å²) in [5, 5.41) is 8.73. The molecule has 3 aromatic heterocycles. The molecule has 11 aromatic rings. The van der Waals surface area contributed by atoms with Gasteiger partial charge in [0.15, 0.2) is 5.82 Å². The average Bonchev–Trinajstić information content (AvgIpc) is 3.94. The molecule has 0 amide bonds. The Balaban J connectivity index is 0.000000356. The highest BCUT2D eigenvalue weighted by molar-refractivity contribution is 7.26. The summed E-state index contributed by atoms with van der Waals surface area (Å²) in [4.78, 5) is 10.3. The Hall–Kier alpha value is -7.66. The second-order valence-electron chi connectivity index (χ2n) is 16.3. The predicted octanol–water partition coefficient (Wildman–Crippen LogP) is 18.8. The highest BCUT2D eigenvalue weighted by Crippen LogP contribution is 2.41. The minimum Gasteiger partial charge on any atom is -0.309 e. The average molecular weight is 888 g/mol. The molecule has 8 aromatic carbocycles. The fourth-order valence-electron chi connectivity index (χ4n) is 8.52. The number of benzene rings is 8. The summed E-state index contributed by atoms with van der Waals surface area (Å²) in [6, 6.07) is 63.0. The fraction of sp³-hybridized carbons (Fsp3) is 0.111. The lowest BCUT2D eigenvalue weighted by atomic mass is 9.99. The molecule has 0 N–H and O–H groups in total. The van der Waals surface area contributed by atoms with Gasteiger partial charge < -0.3 is 4.57 Å². The van der Waals surface area contributed by atoms with E-state index in [1.54, 1.807) is 6.08 Å². The molecule has 0 aliphatic carbocycles. The highest BCUT2D eigenvalue weighted by atomic mass is 32.1. The van der Waals surface area contributed by atoms with Crippen molar-refractivity contribution in [3.05, 3.63) is 225 Å². The van der Waals surface area contributed by atoms with Crippen molar-refractivity contribution in [3.63, 3.8) is 0 Å². The van der Waals surface area contributed by atoms with Gasteiger partial charge in [0.2, 0.25) is 0 Å². The van der Waals surface area contributed by atoms with Gasteiger partial charge in [0, 0.05) is 53.1 Å². The molecule has 0 bridgehead atoms. The maximum atomic E-state index is 5.23. The number of nitrogens with zero attached hydrogens (tertiary/aromatic N) is 3. The third-order valence-electron chi connectivity index (χ3n) is 11.6. The molecule has 0 unspecified atom stereocenters. The van der Waals surface area contributed by atoms with Crippen LogP contribution in [0.25, 0.3) is 103 Å². The topological polar surface area (TPSA) is 30.7 Å². The van der Waals surface area contributed by atoms with Gasteiger partial charge in [-0.2, -0.15) is 0 Å². The zero-order chi connectivity index (χ0) is 46.7. The molecule has 0 spiro atoms. The summed E-state index contributed by atoms with van der Waals surface area (Å²) in [6.07, 6.45) is 13.9. The molecule has 67 heavy (non-hydrogen) atoms. The molecule has 330 valence electrons. The number of aromatic nitrogens is 3. The molecule has 0 fully saturated rings. The minimum absolute atomic E-state index is 0.672. The Kier molecular flexibility index (Phi) is 14.8. The van der Waals surface area contributed by atoms with Gasteiger partial charge in [-0.3, -0.25) is 0 Å². The number of para-hydroxylation sites is 2. The van der Waals surface area contributed by atoms with Gasteiger partial charge in [-0.05, 0) is 90.2 Å². The first-order chi connectivity index (χ1) is 33.0. The van der Waals surface area contributed by atoms with Gasteiger partial charge in [-0.25, -0.2) is 9.97 Å². The monoisotopic (exact) mass is 887 g/mol. The molecule has 0 aliphatic heterocycles. The molecule has 3 heterocycles. The van der Waals surface area contributed by atoms with E-state index in [9.17, 15) is 0 Å². The summed E-state index contributed by atoms with van der Waals surface area (Å²) in [7, 11) is 0. The smallest absolute Gasteiger partial charge is 0.160 e. The summed E-state index contributed by atoms with van der Waals surface area (Å²) in [5.74, 6) is 1.39. The Morgan fingerprint density at radius 1 is 0.522 bits per heavy atom. The number of fused-ring (bicyclic) bond motifs is 9. The van der Waals surface area contributed by atoms with E-state index in [1.807, 2.05) is 69.4 Å². The van der Waals surface area contributed by atoms with Crippen molar-refractivity contribution in [2.75, 3.05) is 0 Å². The predicted molar refractivity (Wildman–Crippen MR) is 296 cm³/mol. The quantitative estimate of drug-likeness (QED) is 0.149. The summed E-state index contributed by atoms with van der Waals surface area (Å²) < 4.78 is 5.01. The molecule has 0 radical (unpaired) electrons. The zero-order valence-electron chi connectivity index (χ0n) is 39.3. The third-order valence-corrected chi connectivity index (χ3v) is 12.8. The number of allylic oxidation sites excluding steroid dienone is 7. The van der Waals surface area contributed by atoms with Crippen LogP contribution in [0.5, 0.6) is 0 Å². The van der Waals surface area contributed by atoms with E-state index in [1.165, 1.54) is 63.9 Å². The maximum Gasteiger partial charge on any atom is 0.160 e. The molecule has 11 rings (SSSR count). The van der Waals surface area contributed by atoms with Gasteiger partial charge in [0.1, 0.15) is 0 Å². The lowest BCUT2D eigenvalue weighted by Crippen LogP contribution is -1.97. The molecule has 0 atom stereocenters. The zero-order valence-corrected chi connectivity index (χ0v) is 40.1. The largest absolute Gasteiger partial charge is 0.309 e. The van der Waals surface area contributed by atoms with Crippen LogP contribution in [-0.2, 0) is 0 Å². The van der Waals surface area contributed by atoms with E-state index in [0.29, 0.717) is 11.7 Å². The van der Waals surface area contributed by atoms with Crippen LogP contribution in [-0.4, -0.2) is 14.5 Å². The summed E-state index contributed by atoms with van der Waals surface area (Å²) in [5.41, 5.74) is 9.88. The molecule has 3 nitrogen and oxygen atoms in total. The van der Waals surface area contributed by atoms with Crippen LogP contribution < -0.4 is 0 Å². The fourth-order valence-corrected chi connectivity index (χ4v) is 9.76. The van der Waals surface area contributed by atoms with Gasteiger partial charge >= 0.3 is 0 Å². The Bertz CT molecular complexity index is 3540. The second-order valence-corrected chi connectivity index (χ2v) is 17.3. The van der Waals surface area contributed by atoms with Crippen LogP contribution in [0.15, 0.2) is 225 Å². The number of hydrogen-bond donors (Lipinski definition) is 0. The first kappa shape index (κ1) is 45.9. The van der Waals surface area contributed by atoms with Crippen molar-refractivity contribution >= 4 is 75.0 Å². The van der Waals surface area contributed by atoms with Gasteiger partial charge in [-0.15, -0.1) is 11.3 Å². The summed E-state index contributed by atoms with van der Waals surface area (Å²) >= 11 is 1.86. The van der Waals surface area contributed by atoms with E-state index in [0.717, 1.165) is 33.4 Å². The lowest BCUT2D eigenvalue weighted by molar-refractivity contribution is 0.832. The standard InChI is InChI=1S/C48H29N3S.C8H14.C5H8.C2H6/c1-2-11-35-30(10-1)26-29-43-45(35)40-14-4-7-18-42(40)51(43)34-27-24-33(25-28-34)48-49-41-17-6-3-13-39(41)46(50-48)32-22-20-31(21-23-32)36-15-9-16-38-37-12-5-8-19-44(37)52-47(36)38;1-4-5-6-7-8(2)3;1-3-5-4-2;1-2/h1-29H;4-8H,1-3H3;3-5H,1H2,2H3;1-2H3/b;5-4-,7-6-;5-4-;. The SMILES string of the molecule is C/C=C\C=C/C(C)C.C=C/C=C\C.CC.c1ccc2c(c1)ccc1c2c2ccccc2n1-c1ccc(-c2nc(-c3ccc(-c4cccc5c4sc4ccccc45)cc3)c3ccccc3n2)cc1. The van der Waals surface area contributed by atoms with Crippen LogP contribution in [0.3, 0.4) is 0 Å². The van der Waals surface area contributed by atoms with Gasteiger partial charge in [-0.1, -0.05) is 204 Å². The van der Waals surface area contributed by atoms with E-state index in [4.69, 9.17) is 9.97 Å². The molecular formula is C63H57N3S. The molecule has 0 saturated carbocycles. The van der Waals surface area contributed by atoms with E-state index >= 15 is 0 Å². The Morgan fingerprint density at radius 2 is 1.15 bits per heavy atom. The van der Waals surface area contributed by atoms with Crippen LogP contribution in [0, 0.1) is 5.92 Å². The number of rotatable bonds is 7. The van der Waals surface area contributed by atoms with Crippen molar-refractivity contribution in [3.8, 4) is 39.5 Å². The van der Waals surface area contributed by atoms with Gasteiger partial charge in [0.05, 0.1) is 22.2 Å². The van der Waals surface area contributed by atoms with Gasteiger partial charge in [0.25, 0.3) is 0 Å². The summed E-state index contributed by atoms with van der Waals surface area (Å²) in [6.45, 7) is 15.8. The van der Waals surface area contributed by atoms with Crippen molar-refractivity contribution in [2.24, 2.45) is 5.92 Å². The maximum absolute atomic E-state index is 5.23. The third kappa shape index (κ3) is 9.68. The van der Waals surface area contributed by atoms with Crippen LogP contribution >= 0.6 is 11.3 Å². The van der Waals surface area contributed by atoms with E-state index in [2.05, 4.69) is 207 Å². The van der Waals surface area contributed by atoms with Crippen molar-refractivity contribution in [2.45, 2.75) is 41.5 Å². The normalized spacial score (nSPS) is 11.4. The Labute approximate surface area is 399 Å². The first-order valence-electron chi connectivity index (χ1n) is 23.3. The number of hydrogen-bond acceptors (Lipinski definition) is 3. The molecule has 0 aliphatic rings. The molecule has 4 heteroatoms. The lowest BCUT2D eigenvalue weighted by Gasteiger charge is -2.12. The van der Waals surface area contributed by atoms with Crippen LogP contribution in [0.4, 0.5) is 0 Å². The second kappa shape index (κ2) is 21.6. The number of thiophene rings is 1. The van der Waals surface area contributed by atoms with Crippen LogP contribution in [0.2, 0.25) is 0 Å². The van der Waals surface area contributed by atoms with Crippen molar-refractivity contribution in [1.29, 1.82) is 0 Å². The molecular weight excluding hydrogens is 831 g/mol. The minimum atomic E-state index is 0.672. The first-order valence-corrected chi connectivity index (χ1v) is 24.1.